The molecule has 18 heavy (non-hydrogen) atoms. The Morgan fingerprint density at radius 3 is 2.50 bits per heavy atom. The maximum absolute atomic E-state index is 11.5. The highest BCUT2D eigenvalue weighted by molar-refractivity contribution is 6.15. The van der Waals surface area contributed by atoms with Crippen LogP contribution in [-0.2, 0) is 14.4 Å². The fourth-order valence-corrected chi connectivity index (χ4v) is 1.87. The summed E-state index contributed by atoms with van der Waals surface area (Å²) in [6.45, 7) is 5.54. The smallest absolute Gasteiger partial charge is 0.256 e. The minimum atomic E-state index is -0.209. The summed E-state index contributed by atoms with van der Waals surface area (Å²) in [6.07, 6.45) is 6.74. The zero-order chi connectivity index (χ0) is 13.5. The lowest BCUT2D eigenvalue weighted by Crippen LogP contribution is -2.31. The van der Waals surface area contributed by atoms with Gasteiger partial charge in [-0.3, -0.25) is 19.3 Å². The molecule has 0 aliphatic carbocycles. The lowest BCUT2D eigenvalue weighted by atomic mass is 10.1. The lowest BCUT2D eigenvalue weighted by molar-refractivity contribution is -0.137. The molecule has 0 unspecified atom stereocenters. The Hall–Kier alpha value is -1.71. The molecule has 0 radical (unpaired) electrons. The van der Waals surface area contributed by atoms with E-state index in [1.807, 2.05) is 0 Å². The summed E-state index contributed by atoms with van der Waals surface area (Å²) in [4.78, 5) is 35.2. The molecule has 1 aliphatic heterocycles. The molecular formula is C14H19NO3. The van der Waals surface area contributed by atoms with Crippen molar-refractivity contribution >= 4 is 17.6 Å². The number of imide groups is 1. The molecule has 0 N–H and O–H groups in total. The number of carbonyl (C=O) groups is 3. The molecular weight excluding hydrogens is 230 g/mol. The number of nitrogens with zero attached hydrogens (tertiary/aromatic N) is 1. The Balaban J connectivity index is 2.12. The maximum Gasteiger partial charge on any atom is 0.256 e. The summed E-state index contributed by atoms with van der Waals surface area (Å²) < 4.78 is 0. The van der Waals surface area contributed by atoms with E-state index in [-0.39, 0.29) is 17.6 Å². The van der Waals surface area contributed by atoms with Crippen LogP contribution in [0.2, 0.25) is 0 Å². The van der Waals surface area contributed by atoms with Crippen LogP contribution < -0.4 is 0 Å². The van der Waals surface area contributed by atoms with Gasteiger partial charge in [0.25, 0.3) is 11.8 Å². The van der Waals surface area contributed by atoms with Gasteiger partial charge in [-0.2, -0.15) is 0 Å². The topological polar surface area (TPSA) is 54.5 Å². The summed E-state index contributed by atoms with van der Waals surface area (Å²) >= 11 is 0. The minimum absolute atomic E-state index is 0.0692. The first-order valence-electron chi connectivity index (χ1n) is 6.25. The third-order valence-corrected chi connectivity index (χ3v) is 2.97. The maximum atomic E-state index is 11.5. The molecule has 4 nitrogen and oxygen atoms in total. The van der Waals surface area contributed by atoms with Crippen LogP contribution in [0.3, 0.4) is 0 Å². The molecule has 2 amide bonds. The Bertz CT molecular complexity index is 396. The third-order valence-electron chi connectivity index (χ3n) is 2.97. The van der Waals surface area contributed by atoms with Crippen LogP contribution in [0.25, 0.3) is 0 Å². The number of ketones is 1. The minimum Gasteiger partial charge on any atom is -0.295 e. The first-order chi connectivity index (χ1) is 8.56. The summed E-state index contributed by atoms with van der Waals surface area (Å²) in [6, 6.07) is 0. The van der Waals surface area contributed by atoms with Gasteiger partial charge in [0.15, 0.2) is 5.78 Å². The molecule has 0 aromatic rings. The first kappa shape index (κ1) is 14.4. The van der Waals surface area contributed by atoms with Crippen molar-refractivity contribution in [1.82, 2.24) is 4.90 Å². The van der Waals surface area contributed by atoms with Gasteiger partial charge in [-0.25, -0.2) is 0 Å². The van der Waals surface area contributed by atoms with Gasteiger partial charge in [-0.15, -0.1) is 0 Å². The van der Waals surface area contributed by atoms with E-state index < -0.39 is 0 Å². The van der Waals surface area contributed by atoms with Gasteiger partial charge >= 0.3 is 0 Å². The largest absolute Gasteiger partial charge is 0.295 e. The molecule has 0 fully saturated rings. The van der Waals surface area contributed by atoms with E-state index in [9.17, 15) is 14.4 Å². The number of hydrogen-bond donors (Lipinski definition) is 0. The SMILES string of the molecule is C=CC(=O)CCCCCCN1C(=O)C=C(C)C1=O. The number of amides is 2. The summed E-state index contributed by atoms with van der Waals surface area (Å²) in [5.41, 5.74) is 0.511. The normalized spacial score (nSPS) is 14.9. The predicted molar refractivity (Wildman–Crippen MR) is 68.8 cm³/mol. The first-order valence-corrected chi connectivity index (χ1v) is 6.25. The van der Waals surface area contributed by atoms with E-state index >= 15 is 0 Å². The highest BCUT2D eigenvalue weighted by atomic mass is 16.2. The Labute approximate surface area is 107 Å². The fraction of sp³-hybridized carbons (Fsp3) is 0.500. The van der Waals surface area contributed by atoms with Crippen molar-refractivity contribution in [2.24, 2.45) is 0 Å². The van der Waals surface area contributed by atoms with Crippen molar-refractivity contribution in [1.29, 1.82) is 0 Å². The van der Waals surface area contributed by atoms with Gasteiger partial charge in [0.1, 0.15) is 0 Å². The average molecular weight is 249 g/mol. The molecule has 1 heterocycles. The summed E-state index contributed by atoms with van der Waals surface area (Å²) in [5, 5.41) is 0. The van der Waals surface area contributed by atoms with Crippen molar-refractivity contribution in [3.05, 3.63) is 24.3 Å². The quantitative estimate of drug-likeness (QED) is 0.375. The molecule has 1 rings (SSSR count). The predicted octanol–water partition coefficient (Wildman–Crippen LogP) is 2.01. The number of hydrogen-bond acceptors (Lipinski definition) is 3. The standard InChI is InChI=1S/C14H19NO3/c1-3-12(16)8-6-4-5-7-9-15-13(17)10-11(2)14(15)18/h3,10H,1,4-9H2,2H3. The molecule has 0 bridgehead atoms. The van der Waals surface area contributed by atoms with Gasteiger partial charge in [0, 0.05) is 24.6 Å². The van der Waals surface area contributed by atoms with Crippen LogP contribution in [0.1, 0.15) is 39.0 Å². The number of unbranched alkanes of at least 4 members (excludes halogenated alkanes) is 3. The number of allylic oxidation sites excluding steroid dienone is 1. The molecule has 4 heteroatoms. The summed E-state index contributed by atoms with van der Waals surface area (Å²) in [7, 11) is 0. The molecule has 0 atom stereocenters. The Kier molecular flexibility index (Phi) is 5.49. The summed E-state index contributed by atoms with van der Waals surface area (Å²) in [5.74, 6) is -0.319. The van der Waals surface area contributed by atoms with Crippen molar-refractivity contribution in [2.45, 2.75) is 39.0 Å². The van der Waals surface area contributed by atoms with E-state index in [2.05, 4.69) is 6.58 Å². The second-order valence-electron chi connectivity index (χ2n) is 4.46. The van der Waals surface area contributed by atoms with Crippen LogP contribution in [0.15, 0.2) is 24.3 Å². The average Bonchev–Trinajstić information content (AvgIpc) is 2.59. The van der Waals surface area contributed by atoms with Crippen molar-refractivity contribution in [3.8, 4) is 0 Å². The van der Waals surface area contributed by atoms with Gasteiger partial charge < -0.3 is 0 Å². The van der Waals surface area contributed by atoms with Crippen molar-refractivity contribution in [2.75, 3.05) is 6.54 Å². The lowest BCUT2D eigenvalue weighted by Gasteiger charge is -2.13. The highest BCUT2D eigenvalue weighted by Crippen LogP contribution is 2.13. The van der Waals surface area contributed by atoms with Gasteiger partial charge in [0.05, 0.1) is 0 Å². The second-order valence-corrected chi connectivity index (χ2v) is 4.46. The van der Waals surface area contributed by atoms with E-state index in [1.54, 1.807) is 6.92 Å². The van der Waals surface area contributed by atoms with Crippen molar-refractivity contribution in [3.63, 3.8) is 0 Å². The molecule has 0 aromatic carbocycles. The van der Waals surface area contributed by atoms with Crippen LogP contribution in [0.4, 0.5) is 0 Å². The Morgan fingerprint density at radius 1 is 1.28 bits per heavy atom. The fourth-order valence-electron chi connectivity index (χ4n) is 1.87. The molecule has 0 saturated heterocycles. The number of rotatable bonds is 8. The zero-order valence-electron chi connectivity index (χ0n) is 10.8. The molecule has 0 aromatic heterocycles. The van der Waals surface area contributed by atoms with Gasteiger partial charge in [0.2, 0.25) is 0 Å². The van der Waals surface area contributed by atoms with Crippen LogP contribution in [0, 0.1) is 0 Å². The molecule has 1 aliphatic rings. The van der Waals surface area contributed by atoms with E-state index in [0.29, 0.717) is 18.5 Å². The molecule has 0 spiro atoms. The van der Waals surface area contributed by atoms with Crippen LogP contribution in [0.5, 0.6) is 0 Å². The highest BCUT2D eigenvalue weighted by Gasteiger charge is 2.27. The van der Waals surface area contributed by atoms with Crippen LogP contribution in [-0.4, -0.2) is 29.0 Å². The van der Waals surface area contributed by atoms with Gasteiger partial charge in [-0.05, 0) is 25.8 Å². The zero-order valence-corrected chi connectivity index (χ0v) is 10.8. The molecule has 0 saturated carbocycles. The molecule has 98 valence electrons. The van der Waals surface area contributed by atoms with Gasteiger partial charge in [-0.1, -0.05) is 19.4 Å². The van der Waals surface area contributed by atoms with Crippen molar-refractivity contribution < 1.29 is 14.4 Å². The van der Waals surface area contributed by atoms with E-state index in [4.69, 9.17) is 0 Å². The van der Waals surface area contributed by atoms with E-state index in [0.717, 1.165) is 25.7 Å². The monoisotopic (exact) mass is 249 g/mol. The Morgan fingerprint density at radius 2 is 1.94 bits per heavy atom. The second kappa shape index (κ2) is 6.89. The van der Waals surface area contributed by atoms with E-state index in [1.165, 1.54) is 17.1 Å². The third kappa shape index (κ3) is 3.95. The number of carbonyl (C=O) groups excluding carboxylic acids is 3. The van der Waals surface area contributed by atoms with Crippen LogP contribution >= 0.6 is 0 Å².